The van der Waals surface area contributed by atoms with E-state index >= 15 is 0 Å². The highest BCUT2D eigenvalue weighted by Crippen LogP contribution is 2.26. The molecule has 4 rings (SSSR count). The first-order chi connectivity index (χ1) is 15.0. The van der Waals surface area contributed by atoms with Gasteiger partial charge in [0, 0.05) is 17.6 Å². The van der Waals surface area contributed by atoms with Crippen LogP contribution in [0.1, 0.15) is 53.1 Å². The van der Waals surface area contributed by atoms with Gasteiger partial charge in [0.05, 0.1) is 11.4 Å². The predicted molar refractivity (Wildman–Crippen MR) is 124 cm³/mol. The number of likely N-dealkylation sites (tertiary alicyclic amines) is 1. The molecule has 31 heavy (non-hydrogen) atoms. The Morgan fingerprint density at radius 2 is 1.87 bits per heavy atom. The van der Waals surface area contributed by atoms with Crippen molar-refractivity contribution in [2.24, 2.45) is 0 Å². The summed E-state index contributed by atoms with van der Waals surface area (Å²) < 4.78 is 5.75. The van der Waals surface area contributed by atoms with Gasteiger partial charge in [0.2, 0.25) is 0 Å². The lowest BCUT2D eigenvalue weighted by atomic mass is 10.0. The van der Waals surface area contributed by atoms with E-state index in [0.717, 1.165) is 25.1 Å². The third kappa shape index (κ3) is 4.68. The Balaban J connectivity index is 1.56. The first kappa shape index (κ1) is 21.6. The normalized spacial score (nSPS) is 15.3. The van der Waals surface area contributed by atoms with Crippen molar-refractivity contribution in [2.45, 2.75) is 39.2 Å². The van der Waals surface area contributed by atoms with Crippen molar-refractivity contribution in [3.05, 3.63) is 80.2 Å². The molecule has 1 N–H and O–H groups in total. The maximum absolute atomic E-state index is 12.9. The predicted octanol–water partition coefficient (Wildman–Crippen LogP) is 4.88. The fourth-order valence-corrected chi connectivity index (χ4v) is 4.32. The molecule has 6 heteroatoms. The Bertz CT molecular complexity index is 1150. The van der Waals surface area contributed by atoms with Crippen LogP contribution < -0.4 is 10.7 Å². The van der Waals surface area contributed by atoms with E-state index in [-0.39, 0.29) is 23.1 Å². The Labute approximate surface area is 187 Å². The minimum absolute atomic E-state index is 0.0146. The quantitative estimate of drug-likeness (QED) is 0.595. The maximum atomic E-state index is 12.9. The third-order valence-electron chi connectivity index (χ3n) is 6.04. The number of aryl methyl sites for hydroxylation is 2. The molecule has 0 aliphatic carbocycles. The third-order valence-corrected chi connectivity index (χ3v) is 6.45. The van der Waals surface area contributed by atoms with Gasteiger partial charge in [0.15, 0.2) is 11.2 Å². The highest BCUT2D eigenvalue weighted by atomic mass is 35.5. The van der Waals surface area contributed by atoms with Crippen LogP contribution in [0.2, 0.25) is 5.02 Å². The zero-order valence-corrected chi connectivity index (χ0v) is 18.7. The molecule has 1 saturated heterocycles. The molecule has 0 bridgehead atoms. The zero-order chi connectivity index (χ0) is 22.0. The summed E-state index contributed by atoms with van der Waals surface area (Å²) in [5.41, 5.74) is 3.36. The van der Waals surface area contributed by atoms with Crippen LogP contribution in [0.5, 0.6) is 0 Å². The number of halogens is 1. The van der Waals surface area contributed by atoms with Gasteiger partial charge in [-0.25, -0.2) is 0 Å². The summed E-state index contributed by atoms with van der Waals surface area (Å²) in [6, 6.07) is 13.2. The van der Waals surface area contributed by atoms with Crippen molar-refractivity contribution in [1.82, 2.24) is 10.2 Å². The molecule has 1 amide bonds. The number of nitrogens with zero attached hydrogens (tertiary/aromatic N) is 1. The smallest absolute Gasteiger partial charge is 0.287 e. The van der Waals surface area contributed by atoms with Crippen LogP contribution in [0, 0.1) is 6.92 Å². The van der Waals surface area contributed by atoms with Crippen LogP contribution in [0.3, 0.4) is 0 Å². The number of fused-ring (bicyclic) bond motifs is 1. The van der Waals surface area contributed by atoms with Crippen LogP contribution >= 0.6 is 11.6 Å². The first-order valence-corrected chi connectivity index (χ1v) is 11.2. The minimum Gasteiger partial charge on any atom is -0.451 e. The lowest BCUT2D eigenvalue weighted by Crippen LogP contribution is -2.37. The number of rotatable bonds is 6. The van der Waals surface area contributed by atoms with Crippen LogP contribution in [-0.2, 0) is 6.42 Å². The van der Waals surface area contributed by atoms with E-state index < -0.39 is 0 Å². The molecule has 0 spiro atoms. The number of nitrogens with one attached hydrogen (secondary N) is 1. The van der Waals surface area contributed by atoms with Crippen molar-refractivity contribution < 1.29 is 9.21 Å². The molecular formula is C25H27ClN2O3. The van der Waals surface area contributed by atoms with E-state index in [1.54, 1.807) is 12.1 Å². The molecular weight excluding hydrogens is 412 g/mol. The second-order valence-electron chi connectivity index (χ2n) is 8.14. The molecule has 1 aromatic heterocycles. The Morgan fingerprint density at radius 3 is 2.55 bits per heavy atom. The largest absolute Gasteiger partial charge is 0.451 e. The zero-order valence-electron chi connectivity index (χ0n) is 17.9. The molecule has 0 saturated carbocycles. The van der Waals surface area contributed by atoms with Gasteiger partial charge < -0.3 is 9.73 Å². The molecule has 1 aliphatic heterocycles. The van der Waals surface area contributed by atoms with Gasteiger partial charge in [-0.15, -0.1) is 0 Å². The van der Waals surface area contributed by atoms with E-state index in [4.69, 9.17) is 16.0 Å². The highest BCUT2D eigenvalue weighted by molar-refractivity contribution is 6.32. The Morgan fingerprint density at radius 1 is 1.16 bits per heavy atom. The molecule has 162 valence electrons. The van der Waals surface area contributed by atoms with E-state index in [0.29, 0.717) is 22.5 Å². The molecule has 1 atom stereocenters. The molecule has 0 radical (unpaired) electrons. The van der Waals surface area contributed by atoms with Crippen LogP contribution in [0.4, 0.5) is 0 Å². The number of hydrogen-bond acceptors (Lipinski definition) is 4. The number of hydrogen-bond donors (Lipinski definition) is 1. The fourth-order valence-electron chi connectivity index (χ4n) is 4.15. The van der Waals surface area contributed by atoms with Gasteiger partial charge in [0.25, 0.3) is 5.91 Å². The van der Waals surface area contributed by atoms with Gasteiger partial charge in [-0.05, 0) is 68.1 Å². The van der Waals surface area contributed by atoms with E-state index in [1.165, 1.54) is 30.0 Å². The average molecular weight is 439 g/mol. The Kier molecular flexibility index (Phi) is 6.44. The molecule has 2 aromatic carbocycles. The van der Waals surface area contributed by atoms with E-state index in [9.17, 15) is 9.59 Å². The summed E-state index contributed by atoms with van der Waals surface area (Å²) in [6.45, 7) is 6.45. The molecule has 5 nitrogen and oxygen atoms in total. The monoisotopic (exact) mass is 438 g/mol. The lowest BCUT2D eigenvalue weighted by Gasteiger charge is -2.28. The minimum atomic E-state index is -0.388. The SMILES string of the molecule is CCc1ccc(C(CNC(=O)c2cc(=O)c3cc(Cl)c(C)cc3o2)N2CCCC2)cc1. The second kappa shape index (κ2) is 9.25. The summed E-state index contributed by atoms with van der Waals surface area (Å²) in [5.74, 6) is -0.373. The van der Waals surface area contributed by atoms with Gasteiger partial charge in [-0.1, -0.05) is 42.8 Å². The molecule has 3 aromatic rings. The number of carbonyl (C=O) groups excluding carboxylic acids is 1. The Hall–Kier alpha value is -2.63. The van der Waals surface area contributed by atoms with Gasteiger partial charge in [0.1, 0.15) is 5.58 Å². The van der Waals surface area contributed by atoms with Crippen LogP contribution in [0.15, 0.2) is 51.7 Å². The summed E-state index contributed by atoms with van der Waals surface area (Å²) in [5, 5.41) is 3.85. The van der Waals surface area contributed by atoms with Crippen molar-refractivity contribution in [1.29, 1.82) is 0 Å². The van der Waals surface area contributed by atoms with Crippen molar-refractivity contribution in [3.63, 3.8) is 0 Å². The summed E-state index contributed by atoms with van der Waals surface area (Å²) in [7, 11) is 0. The van der Waals surface area contributed by atoms with Crippen molar-refractivity contribution in [3.8, 4) is 0 Å². The topological polar surface area (TPSA) is 62.6 Å². The standard InChI is InChI=1S/C25H27ClN2O3/c1-3-17-6-8-18(9-7-17)21(28-10-4-5-11-28)15-27-25(30)24-14-22(29)19-13-20(26)16(2)12-23(19)31-24/h6-9,12-14,21H,3-5,10-11,15H2,1-2H3,(H,27,30). The summed E-state index contributed by atoms with van der Waals surface area (Å²) in [4.78, 5) is 27.8. The molecule has 2 heterocycles. The molecule has 1 fully saturated rings. The number of amides is 1. The second-order valence-corrected chi connectivity index (χ2v) is 8.54. The summed E-state index contributed by atoms with van der Waals surface area (Å²) >= 11 is 6.12. The maximum Gasteiger partial charge on any atom is 0.287 e. The van der Waals surface area contributed by atoms with Gasteiger partial charge in [-0.3, -0.25) is 14.5 Å². The number of benzene rings is 2. The molecule has 1 aliphatic rings. The van der Waals surface area contributed by atoms with E-state index in [2.05, 4.69) is 41.4 Å². The summed E-state index contributed by atoms with van der Waals surface area (Å²) in [6.07, 6.45) is 3.33. The van der Waals surface area contributed by atoms with Crippen molar-refractivity contribution in [2.75, 3.05) is 19.6 Å². The first-order valence-electron chi connectivity index (χ1n) is 10.8. The average Bonchev–Trinajstić information content (AvgIpc) is 3.30. The highest BCUT2D eigenvalue weighted by Gasteiger charge is 2.24. The van der Waals surface area contributed by atoms with Crippen molar-refractivity contribution >= 4 is 28.5 Å². The molecule has 1 unspecified atom stereocenters. The van der Waals surface area contributed by atoms with Gasteiger partial charge in [-0.2, -0.15) is 0 Å². The van der Waals surface area contributed by atoms with E-state index in [1.807, 2.05) is 6.92 Å². The fraction of sp³-hybridized carbons (Fsp3) is 0.360. The van der Waals surface area contributed by atoms with Crippen LogP contribution in [0.25, 0.3) is 11.0 Å². The number of carbonyl (C=O) groups is 1. The lowest BCUT2D eigenvalue weighted by molar-refractivity contribution is 0.0910. The van der Waals surface area contributed by atoms with Crippen LogP contribution in [-0.4, -0.2) is 30.4 Å². The van der Waals surface area contributed by atoms with Gasteiger partial charge >= 0.3 is 0 Å².